The zero-order valence-corrected chi connectivity index (χ0v) is 13.2. The van der Waals surface area contributed by atoms with Crippen molar-refractivity contribution in [2.75, 3.05) is 19.6 Å². The fourth-order valence-electron chi connectivity index (χ4n) is 2.79. The van der Waals surface area contributed by atoms with Gasteiger partial charge < -0.3 is 10.6 Å². The molecule has 1 aromatic carbocycles. The summed E-state index contributed by atoms with van der Waals surface area (Å²) in [6, 6.07) is 8.39. The minimum absolute atomic E-state index is 0.0000515. The molecule has 0 bridgehead atoms. The first kappa shape index (κ1) is 16.0. The normalized spacial score (nSPS) is 18.1. The van der Waals surface area contributed by atoms with Crippen LogP contribution < -0.4 is 10.6 Å². The molecule has 4 heteroatoms. The van der Waals surface area contributed by atoms with E-state index in [0.717, 1.165) is 39.0 Å². The first-order valence-corrected chi connectivity index (χ1v) is 8.04. The molecule has 1 aliphatic heterocycles. The minimum atomic E-state index is -0.0000515. The van der Waals surface area contributed by atoms with Crippen LogP contribution in [0.3, 0.4) is 0 Å². The van der Waals surface area contributed by atoms with Gasteiger partial charge in [0.1, 0.15) is 0 Å². The molecule has 0 spiro atoms. The van der Waals surface area contributed by atoms with E-state index < -0.39 is 0 Å². The topological polar surface area (TPSA) is 44.4 Å². The maximum Gasteiger partial charge on any atom is 0.237 e. The van der Waals surface area contributed by atoms with E-state index in [2.05, 4.69) is 47.6 Å². The monoisotopic (exact) mass is 289 g/mol. The molecule has 0 saturated carbocycles. The summed E-state index contributed by atoms with van der Waals surface area (Å²) in [7, 11) is 0. The second-order valence-corrected chi connectivity index (χ2v) is 5.60. The Morgan fingerprint density at radius 1 is 1.29 bits per heavy atom. The quantitative estimate of drug-likeness (QED) is 0.806. The van der Waals surface area contributed by atoms with Gasteiger partial charge in [-0.3, -0.25) is 9.69 Å². The van der Waals surface area contributed by atoms with Crippen LogP contribution in [0.15, 0.2) is 24.3 Å². The van der Waals surface area contributed by atoms with Gasteiger partial charge in [-0.2, -0.15) is 0 Å². The lowest BCUT2D eigenvalue weighted by atomic mass is 10.1. The van der Waals surface area contributed by atoms with Crippen LogP contribution in [0.25, 0.3) is 0 Å². The second-order valence-electron chi connectivity index (χ2n) is 5.60. The number of nitrogens with one attached hydrogen (secondary N) is 2. The third kappa shape index (κ3) is 4.55. The van der Waals surface area contributed by atoms with Crippen LogP contribution in [0.1, 0.15) is 37.8 Å². The Labute approximate surface area is 127 Å². The van der Waals surface area contributed by atoms with Gasteiger partial charge in [-0.05, 0) is 43.6 Å². The lowest BCUT2D eigenvalue weighted by Crippen LogP contribution is -2.40. The summed E-state index contributed by atoms with van der Waals surface area (Å²) < 4.78 is 0. The van der Waals surface area contributed by atoms with E-state index in [1.807, 2.05) is 6.07 Å². The molecule has 0 radical (unpaired) electrons. The molecule has 0 unspecified atom stereocenters. The fourth-order valence-corrected chi connectivity index (χ4v) is 2.79. The molecule has 2 rings (SSSR count). The molecular weight excluding hydrogens is 262 g/mol. The van der Waals surface area contributed by atoms with Gasteiger partial charge in [0.2, 0.25) is 5.91 Å². The summed E-state index contributed by atoms with van der Waals surface area (Å²) >= 11 is 0. The van der Waals surface area contributed by atoms with E-state index in [1.54, 1.807) is 0 Å². The molecule has 0 aromatic heterocycles. The summed E-state index contributed by atoms with van der Waals surface area (Å²) in [5, 5.41) is 6.31. The van der Waals surface area contributed by atoms with Gasteiger partial charge in [-0.1, -0.05) is 38.1 Å². The highest BCUT2D eigenvalue weighted by Gasteiger charge is 2.21. The predicted octanol–water partition coefficient (Wildman–Crippen LogP) is 1.90. The van der Waals surface area contributed by atoms with Crippen LogP contribution in [-0.2, 0) is 17.9 Å². The third-order valence-corrected chi connectivity index (χ3v) is 4.24. The van der Waals surface area contributed by atoms with Crippen LogP contribution >= 0.6 is 0 Å². The largest absolute Gasteiger partial charge is 0.351 e. The summed E-state index contributed by atoms with van der Waals surface area (Å²) in [6.45, 7) is 8.97. The molecule has 0 aliphatic carbocycles. The zero-order valence-electron chi connectivity index (χ0n) is 13.2. The molecule has 2 N–H and O–H groups in total. The molecule has 1 fully saturated rings. The molecule has 1 atom stereocenters. The smallest absolute Gasteiger partial charge is 0.237 e. The van der Waals surface area contributed by atoms with E-state index in [4.69, 9.17) is 0 Å². The van der Waals surface area contributed by atoms with Crippen molar-refractivity contribution in [3.05, 3.63) is 35.4 Å². The Balaban J connectivity index is 1.94. The van der Waals surface area contributed by atoms with Crippen molar-refractivity contribution in [1.29, 1.82) is 0 Å². The second kappa shape index (κ2) is 8.15. The molecule has 1 amide bonds. The highest BCUT2D eigenvalue weighted by Crippen LogP contribution is 2.12. The molecule has 116 valence electrons. The summed E-state index contributed by atoms with van der Waals surface area (Å²) in [5.41, 5.74) is 2.52. The van der Waals surface area contributed by atoms with Crippen molar-refractivity contribution in [3.63, 3.8) is 0 Å². The van der Waals surface area contributed by atoms with Crippen molar-refractivity contribution in [2.24, 2.45) is 0 Å². The molecule has 1 saturated heterocycles. The maximum absolute atomic E-state index is 12.1. The SMILES string of the molecule is CCN(CC)Cc1ccccc1CNC(=O)[C@H]1CCCN1. The molecule has 1 aliphatic rings. The van der Waals surface area contributed by atoms with Crippen LogP contribution in [0.2, 0.25) is 0 Å². The summed E-state index contributed by atoms with van der Waals surface area (Å²) in [4.78, 5) is 14.5. The number of rotatable bonds is 7. The predicted molar refractivity (Wildman–Crippen MR) is 85.9 cm³/mol. The van der Waals surface area contributed by atoms with Gasteiger partial charge in [0.25, 0.3) is 0 Å². The molecular formula is C17H27N3O. The van der Waals surface area contributed by atoms with Gasteiger partial charge in [-0.25, -0.2) is 0 Å². The lowest BCUT2D eigenvalue weighted by Gasteiger charge is -2.20. The lowest BCUT2D eigenvalue weighted by molar-refractivity contribution is -0.122. The standard InChI is InChI=1S/C17H27N3O/c1-3-20(4-2)13-15-9-6-5-8-14(15)12-19-17(21)16-10-7-11-18-16/h5-6,8-9,16,18H,3-4,7,10-13H2,1-2H3,(H,19,21)/t16-/m1/s1. The molecule has 4 nitrogen and oxygen atoms in total. The van der Waals surface area contributed by atoms with E-state index in [1.165, 1.54) is 11.1 Å². The molecule has 21 heavy (non-hydrogen) atoms. The zero-order chi connectivity index (χ0) is 15.1. The van der Waals surface area contributed by atoms with Crippen molar-refractivity contribution in [3.8, 4) is 0 Å². The third-order valence-electron chi connectivity index (χ3n) is 4.24. The average molecular weight is 289 g/mol. The van der Waals surface area contributed by atoms with Gasteiger partial charge in [-0.15, -0.1) is 0 Å². The summed E-state index contributed by atoms with van der Waals surface area (Å²) in [6.07, 6.45) is 2.05. The highest BCUT2D eigenvalue weighted by atomic mass is 16.2. The molecule has 1 aromatic rings. The highest BCUT2D eigenvalue weighted by molar-refractivity contribution is 5.82. The average Bonchev–Trinajstić information content (AvgIpc) is 3.05. The van der Waals surface area contributed by atoms with Crippen molar-refractivity contribution in [1.82, 2.24) is 15.5 Å². The number of amides is 1. The Hall–Kier alpha value is -1.39. The van der Waals surface area contributed by atoms with Gasteiger partial charge in [0, 0.05) is 13.1 Å². The van der Waals surface area contributed by atoms with Crippen LogP contribution in [0.5, 0.6) is 0 Å². The van der Waals surface area contributed by atoms with Crippen LogP contribution in [0, 0.1) is 0 Å². The minimum Gasteiger partial charge on any atom is -0.351 e. The van der Waals surface area contributed by atoms with Gasteiger partial charge in [0.15, 0.2) is 0 Å². The van der Waals surface area contributed by atoms with Crippen molar-refractivity contribution >= 4 is 5.91 Å². The van der Waals surface area contributed by atoms with Crippen LogP contribution in [-0.4, -0.2) is 36.5 Å². The Bertz CT molecular complexity index is 451. The molecule has 1 heterocycles. The summed E-state index contributed by atoms with van der Waals surface area (Å²) in [5.74, 6) is 0.130. The van der Waals surface area contributed by atoms with Crippen LogP contribution in [0.4, 0.5) is 0 Å². The fraction of sp³-hybridized carbons (Fsp3) is 0.588. The number of hydrogen-bond donors (Lipinski definition) is 2. The first-order chi connectivity index (χ1) is 10.2. The van der Waals surface area contributed by atoms with E-state index in [0.29, 0.717) is 6.54 Å². The number of nitrogens with zero attached hydrogens (tertiary/aromatic N) is 1. The Morgan fingerprint density at radius 3 is 2.62 bits per heavy atom. The first-order valence-electron chi connectivity index (χ1n) is 8.04. The number of benzene rings is 1. The van der Waals surface area contributed by atoms with E-state index in [9.17, 15) is 4.79 Å². The van der Waals surface area contributed by atoms with Gasteiger partial charge >= 0.3 is 0 Å². The number of carbonyl (C=O) groups is 1. The Morgan fingerprint density at radius 2 is 2.00 bits per heavy atom. The van der Waals surface area contributed by atoms with E-state index >= 15 is 0 Å². The number of hydrogen-bond acceptors (Lipinski definition) is 3. The number of carbonyl (C=O) groups excluding carboxylic acids is 1. The maximum atomic E-state index is 12.1. The van der Waals surface area contributed by atoms with Crippen molar-refractivity contribution < 1.29 is 4.79 Å². The Kier molecular flexibility index (Phi) is 6.21. The van der Waals surface area contributed by atoms with Crippen molar-refractivity contribution in [2.45, 2.75) is 45.8 Å². The van der Waals surface area contributed by atoms with Gasteiger partial charge in [0.05, 0.1) is 6.04 Å². The van der Waals surface area contributed by atoms with E-state index in [-0.39, 0.29) is 11.9 Å².